The molecule has 2 aromatic carbocycles. The van der Waals surface area contributed by atoms with Gasteiger partial charge in [-0.15, -0.1) is 0 Å². The number of fused-ring (bicyclic) bond motifs is 4. The van der Waals surface area contributed by atoms with E-state index in [9.17, 15) is 9.59 Å². The Labute approximate surface area is 121 Å². The van der Waals surface area contributed by atoms with Crippen LogP contribution in [-0.2, 0) is 0 Å². The average Bonchev–Trinajstić information content (AvgIpc) is 2.67. The molecule has 0 radical (unpaired) electrons. The first-order valence-corrected chi connectivity index (χ1v) is 6.61. The minimum absolute atomic E-state index is 0.197. The van der Waals surface area contributed by atoms with E-state index in [1.54, 1.807) is 42.5 Å². The summed E-state index contributed by atoms with van der Waals surface area (Å²) in [5.74, 6) is 0. The maximum absolute atomic E-state index is 12.1. The first-order valence-electron chi connectivity index (χ1n) is 6.23. The fourth-order valence-electron chi connectivity index (χ4n) is 2.55. The number of benzene rings is 2. The number of hydrogen-bond acceptors (Lipinski definition) is 4. The van der Waals surface area contributed by atoms with Crippen molar-refractivity contribution in [2.24, 2.45) is 0 Å². The van der Waals surface area contributed by atoms with Crippen LogP contribution in [0.25, 0.3) is 21.9 Å². The number of rotatable bonds is 0. The molecule has 21 heavy (non-hydrogen) atoms. The van der Waals surface area contributed by atoms with Gasteiger partial charge in [0.15, 0.2) is 0 Å². The quantitative estimate of drug-likeness (QED) is 0.500. The number of hydrogen-bond donors (Lipinski definition) is 0. The Morgan fingerprint density at radius 3 is 2.24 bits per heavy atom. The molecule has 2 heterocycles. The third-order valence-electron chi connectivity index (χ3n) is 3.43. The van der Waals surface area contributed by atoms with Gasteiger partial charge < -0.3 is 8.83 Å². The molecule has 0 aliphatic carbocycles. The SMILES string of the molecule is O=c1oc(=O)c2c3cc(Cl)ccc3oc3ccccc3c1=2. The second-order valence-corrected chi connectivity index (χ2v) is 5.10. The molecule has 2 aromatic rings. The molecule has 4 nitrogen and oxygen atoms in total. The van der Waals surface area contributed by atoms with Crippen LogP contribution in [-0.4, -0.2) is 0 Å². The Morgan fingerprint density at radius 1 is 0.762 bits per heavy atom. The summed E-state index contributed by atoms with van der Waals surface area (Å²) in [7, 11) is 0. The fourth-order valence-corrected chi connectivity index (χ4v) is 2.72. The summed E-state index contributed by atoms with van der Waals surface area (Å²) in [5, 5.41) is 1.86. The van der Waals surface area contributed by atoms with Crippen LogP contribution >= 0.6 is 11.6 Å². The van der Waals surface area contributed by atoms with Gasteiger partial charge in [0, 0.05) is 15.8 Å². The third-order valence-corrected chi connectivity index (χ3v) is 3.67. The first kappa shape index (κ1) is 12.2. The van der Waals surface area contributed by atoms with Crippen molar-refractivity contribution in [2.75, 3.05) is 0 Å². The second kappa shape index (κ2) is 4.20. The Morgan fingerprint density at radius 2 is 1.43 bits per heavy atom. The van der Waals surface area contributed by atoms with Crippen molar-refractivity contribution >= 4 is 33.5 Å². The number of para-hydroxylation sites is 1. The van der Waals surface area contributed by atoms with Crippen molar-refractivity contribution in [1.29, 1.82) is 0 Å². The fraction of sp³-hybridized carbons (Fsp3) is 0. The molecular weight excluding hydrogens is 292 g/mol. The lowest BCUT2D eigenvalue weighted by Gasteiger charge is -1.94. The van der Waals surface area contributed by atoms with Crippen LogP contribution < -0.4 is 11.3 Å². The minimum Gasteiger partial charge on any atom is -0.456 e. The smallest absolute Gasteiger partial charge is 0.347 e. The molecule has 2 aliphatic heterocycles. The van der Waals surface area contributed by atoms with Crippen LogP contribution in [0.5, 0.6) is 0 Å². The van der Waals surface area contributed by atoms with Gasteiger partial charge in [-0.1, -0.05) is 29.8 Å². The van der Waals surface area contributed by atoms with E-state index in [0.29, 0.717) is 27.0 Å². The van der Waals surface area contributed by atoms with E-state index in [2.05, 4.69) is 0 Å². The van der Waals surface area contributed by atoms with E-state index in [-0.39, 0.29) is 10.4 Å². The maximum Gasteiger partial charge on any atom is 0.347 e. The highest BCUT2D eigenvalue weighted by Crippen LogP contribution is 2.24. The van der Waals surface area contributed by atoms with E-state index in [1.165, 1.54) is 0 Å². The van der Waals surface area contributed by atoms with Gasteiger partial charge in [-0.25, -0.2) is 9.59 Å². The lowest BCUT2D eigenvalue weighted by molar-refractivity contribution is 0.489. The van der Waals surface area contributed by atoms with Gasteiger partial charge in [0.05, 0.1) is 10.4 Å². The van der Waals surface area contributed by atoms with E-state index in [4.69, 9.17) is 20.4 Å². The highest BCUT2D eigenvalue weighted by molar-refractivity contribution is 6.31. The zero-order valence-electron chi connectivity index (χ0n) is 10.6. The van der Waals surface area contributed by atoms with Crippen LogP contribution in [0, 0.1) is 10.4 Å². The zero-order valence-corrected chi connectivity index (χ0v) is 11.3. The maximum atomic E-state index is 12.1. The second-order valence-electron chi connectivity index (χ2n) is 4.67. The summed E-state index contributed by atoms with van der Waals surface area (Å²) >= 11 is 6.00. The topological polar surface area (TPSA) is 60.4 Å². The van der Waals surface area contributed by atoms with Crippen LogP contribution in [0.1, 0.15) is 0 Å². The molecule has 2 aliphatic rings. The normalized spacial score (nSPS) is 11.5. The van der Waals surface area contributed by atoms with Crippen LogP contribution in [0.4, 0.5) is 0 Å². The van der Waals surface area contributed by atoms with Gasteiger partial charge in [0.1, 0.15) is 11.2 Å². The molecule has 102 valence electrons. The minimum atomic E-state index is -0.682. The number of halogens is 1. The standard InChI is InChI=1S/C16H7ClO4/c17-8-5-6-12-10(7-8)14-13(15(18)21-16(14)19)9-3-1-2-4-11(9)20-12/h1-7H. The molecule has 0 amide bonds. The van der Waals surface area contributed by atoms with Crippen molar-refractivity contribution in [2.45, 2.75) is 0 Å². The Hall–Kier alpha value is -2.59. The van der Waals surface area contributed by atoms with Gasteiger partial charge in [-0.05, 0) is 24.3 Å². The van der Waals surface area contributed by atoms with Gasteiger partial charge in [0.2, 0.25) is 0 Å². The Kier molecular flexibility index (Phi) is 2.43. The van der Waals surface area contributed by atoms with Gasteiger partial charge >= 0.3 is 11.3 Å². The van der Waals surface area contributed by atoms with E-state index in [1.807, 2.05) is 0 Å². The van der Waals surface area contributed by atoms with E-state index >= 15 is 0 Å². The summed E-state index contributed by atoms with van der Waals surface area (Å²) in [6.07, 6.45) is 0. The molecule has 0 N–H and O–H groups in total. The molecule has 0 saturated carbocycles. The molecule has 5 heteroatoms. The average molecular weight is 299 g/mol. The van der Waals surface area contributed by atoms with Crippen LogP contribution in [0.2, 0.25) is 5.02 Å². The molecule has 4 rings (SSSR count). The predicted octanol–water partition coefficient (Wildman–Crippen LogP) is 3.28. The molecule has 0 spiro atoms. The molecule has 0 unspecified atom stereocenters. The van der Waals surface area contributed by atoms with E-state index < -0.39 is 11.3 Å². The van der Waals surface area contributed by atoms with Crippen LogP contribution in [0.15, 0.2) is 60.9 Å². The molecule has 0 atom stereocenters. The van der Waals surface area contributed by atoms with Gasteiger partial charge in [0.25, 0.3) is 0 Å². The van der Waals surface area contributed by atoms with E-state index in [0.717, 1.165) is 0 Å². The summed E-state index contributed by atoms with van der Waals surface area (Å²) in [4.78, 5) is 24.1. The van der Waals surface area contributed by atoms with Crippen molar-refractivity contribution in [3.63, 3.8) is 0 Å². The highest BCUT2D eigenvalue weighted by atomic mass is 35.5. The molecule has 0 fully saturated rings. The first-order chi connectivity index (χ1) is 10.1. The van der Waals surface area contributed by atoms with Crippen LogP contribution in [0.3, 0.4) is 0 Å². The zero-order chi connectivity index (χ0) is 14.6. The molecule has 0 bridgehead atoms. The lowest BCUT2D eigenvalue weighted by atomic mass is 10.1. The lowest BCUT2D eigenvalue weighted by Crippen LogP contribution is -1.97. The predicted molar refractivity (Wildman–Crippen MR) is 78.8 cm³/mol. The summed E-state index contributed by atoms with van der Waals surface area (Å²) in [6.45, 7) is 0. The summed E-state index contributed by atoms with van der Waals surface area (Å²) < 4.78 is 10.6. The highest BCUT2D eigenvalue weighted by Gasteiger charge is 2.12. The molecule has 0 saturated heterocycles. The largest absolute Gasteiger partial charge is 0.456 e. The van der Waals surface area contributed by atoms with Gasteiger partial charge in [-0.2, -0.15) is 0 Å². The molecular formula is C16H7ClO4. The Bertz CT molecular complexity index is 1190. The van der Waals surface area contributed by atoms with Crippen molar-refractivity contribution < 1.29 is 8.83 Å². The summed E-state index contributed by atoms with van der Waals surface area (Å²) in [5.41, 5.74) is -0.390. The summed E-state index contributed by atoms with van der Waals surface area (Å²) in [6, 6.07) is 11.9. The monoisotopic (exact) mass is 298 g/mol. The van der Waals surface area contributed by atoms with Crippen molar-refractivity contribution in [1.82, 2.24) is 0 Å². The third kappa shape index (κ3) is 1.69. The van der Waals surface area contributed by atoms with Gasteiger partial charge in [-0.3, -0.25) is 0 Å². The Balaban J connectivity index is 2.59. The molecule has 0 aromatic heterocycles. The van der Waals surface area contributed by atoms with Crippen molar-refractivity contribution in [3.05, 3.63) is 78.8 Å². The van der Waals surface area contributed by atoms with Crippen molar-refractivity contribution in [3.8, 4) is 0 Å².